The van der Waals surface area contributed by atoms with Gasteiger partial charge in [-0.15, -0.1) is 6.58 Å². The second-order valence-corrected chi connectivity index (χ2v) is 5.40. The van der Waals surface area contributed by atoms with E-state index < -0.39 is 0 Å². The molecule has 0 aliphatic heterocycles. The van der Waals surface area contributed by atoms with Crippen LogP contribution in [0.4, 0.5) is 4.39 Å². The van der Waals surface area contributed by atoms with Crippen molar-refractivity contribution in [3.8, 4) is 11.3 Å². The molecule has 0 amide bonds. The maximum atomic E-state index is 13.9. The average Bonchev–Trinajstić information content (AvgIpc) is 3.01. The van der Waals surface area contributed by atoms with E-state index in [0.717, 1.165) is 17.0 Å². The minimum Gasteiger partial charge on any atom is -0.308 e. The van der Waals surface area contributed by atoms with E-state index in [4.69, 9.17) is 0 Å². The van der Waals surface area contributed by atoms with Gasteiger partial charge in [-0.05, 0) is 6.07 Å². The van der Waals surface area contributed by atoms with Crippen LogP contribution in [0.5, 0.6) is 0 Å². The Morgan fingerprint density at radius 1 is 1.04 bits per heavy atom. The molecule has 0 bridgehead atoms. The molecule has 0 fully saturated rings. The highest BCUT2D eigenvalue weighted by atomic mass is 19.1. The first-order valence-corrected chi connectivity index (χ1v) is 7.82. The van der Waals surface area contributed by atoms with E-state index in [1.165, 1.54) is 6.07 Å². The Morgan fingerprint density at radius 2 is 1.79 bits per heavy atom. The molecule has 5 heteroatoms. The number of rotatable bonds is 7. The topological polar surface area (TPSA) is 42.7 Å². The van der Waals surface area contributed by atoms with Crippen molar-refractivity contribution in [3.63, 3.8) is 0 Å². The highest BCUT2D eigenvalue weighted by Crippen LogP contribution is 2.20. The van der Waals surface area contributed by atoms with Gasteiger partial charge in [-0.1, -0.05) is 54.6 Å². The first-order chi connectivity index (χ1) is 11.8. The standard InChI is InChI=1S/C19H19FN4/c1-2-12-21-13-18-19(15-8-4-3-5-9-15)23-24(22-18)14-16-10-6-7-11-17(16)20/h2-11,21H,1,12-14H2. The van der Waals surface area contributed by atoms with Crippen molar-refractivity contribution in [2.45, 2.75) is 13.1 Å². The highest BCUT2D eigenvalue weighted by molar-refractivity contribution is 5.60. The molecule has 0 unspecified atom stereocenters. The van der Waals surface area contributed by atoms with E-state index in [1.54, 1.807) is 23.0 Å². The molecule has 0 spiro atoms. The Labute approximate surface area is 140 Å². The SMILES string of the molecule is C=CCNCc1nn(Cc2ccccc2F)nc1-c1ccccc1. The molecule has 0 saturated carbocycles. The summed E-state index contributed by atoms with van der Waals surface area (Å²) < 4.78 is 13.9. The van der Waals surface area contributed by atoms with Crippen LogP contribution in [0.3, 0.4) is 0 Å². The molecule has 3 rings (SSSR count). The lowest BCUT2D eigenvalue weighted by Crippen LogP contribution is -2.14. The van der Waals surface area contributed by atoms with E-state index in [-0.39, 0.29) is 5.82 Å². The van der Waals surface area contributed by atoms with E-state index in [2.05, 4.69) is 22.1 Å². The van der Waals surface area contributed by atoms with Gasteiger partial charge < -0.3 is 5.32 Å². The summed E-state index contributed by atoms with van der Waals surface area (Å²) in [4.78, 5) is 1.55. The fourth-order valence-corrected chi connectivity index (χ4v) is 2.46. The van der Waals surface area contributed by atoms with Gasteiger partial charge in [0.2, 0.25) is 0 Å². The number of hydrogen-bond acceptors (Lipinski definition) is 3. The lowest BCUT2D eigenvalue weighted by Gasteiger charge is -2.01. The van der Waals surface area contributed by atoms with Crippen molar-refractivity contribution < 1.29 is 4.39 Å². The molecule has 1 N–H and O–H groups in total. The molecular formula is C19H19FN4. The van der Waals surface area contributed by atoms with E-state index in [0.29, 0.717) is 25.2 Å². The van der Waals surface area contributed by atoms with E-state index >= 15 is 0 Å². The zero-order chi connectivity index (χ0) is 16.8. The predicted octanol–water partition coefficient (Wildman–Crippen LogP) is 3.41. The second kappa shape index (κ2) is 7.66. The molecule has 3 aromatic rings. The Balaban J connectivity index is 1.90. The molecule has 0 aliphatic carbocycles. The first kappa shape index (κ1) is 16.1. The third kappa shape index (κ3) is 3.75. The van der Waals surface area contributed by atoms with Crippen LogP contribution in [-0.2, 0) is 13.1 Å². The molecule has 1 heterocycles. The second-order valence-electron chi connectivity index (χ2n) is 5.40. The van der Waals surface area contributed by atoms with Crippen molar-refractivity contribution in [2.24, 2.45) is 0 Å². The summed E-state index contributed by atoms with van der Waals surface area (Å²) in [5, 5.41) is 12.3. The van der Waals surface area contributed by atoms with Crippen LogP contribution in [0.15, 0.2) is 67.3 Å². The van der Waals surface area contributed by atoms with Crippen LogP contribution in [0.25, 0.3) is 11.3 Å². The van der Waals surface area contributed by atoms with Gasteiger partial charge in [0.15, 0.2) is 0 Å². The van der Waals surface area contributed by atoms with Crippen LogP contribution in [0.2, 0.25) is 0 Å². The smallest absolute Gasteiger partial charge is 0.128 e. The Bertz CT molecular complexity index is 811. The summed E-state index contributed by atoms with van der Waals surface area (Å²) >= 11 is 0. The van der Waals surface area contributed by atoms with Crippen LogP contribution < -0.4 is 5.32 Å². The minimum absolute atomic E-state index is 0.248. The molecule has 0 aliphatic rings. The van der Waals surface area contributed by atoms with E-state index in [9.17, 15) is 4.39 Å². The first-order valence-electron chi connectivity index (χ1n) is 7.82. The molecule has 1 aromatic heterocycles. The van der Waals surface area contributed by atoms with Gasteiger partial charge >= 0.3 is 0 Å². The van der Waals surface area contributed by atoms with E-state index in [1.807, 2.05) is 36.4 Å². The lowest BCUT2D eigenvalue weighted by molar-refractivity contribution is 0.544. The molecule has 2 aromatic carbocycles. The van der Waals surface area contributed by atoms with Gasteiger partial charge in [-0.2, -0.15) is 15.0 Å². The van der Waals surface area contributed by atoms with Crippen molar-refractivity contribution in [1.29, 1.82) is 0 Å². The number of benzene rings is 2. The maximum absolute atomic E-state index is 13.9. The maximum Gasteiger partial charge on any atom is 0.128 e. The fraction of sp³-hybridized carbons (Fsp3) is 0.158. The van der Waals surface area contributed by atoms with Crippen molar-refractivity contribution in [1.82, 2.24) is 20.3 Å². The summed E-state index contributed by atoms with van der Waals surface area (Å²) in [6, 6.07) is 16.6. The molecule has 24 heavy (non-hydrogen) atoms. The monoisotopic (exact) mass is 322 g/mol. The van der Waals surface area contributed by atoms with Crippen LogP contribution in [0.1, 0.15) is 11.3 Å². The molecule has 4 nitrogen and oxygen atoms in total. The Hall–Kier alpha value is -2.79. The predicted molar refractivity (Wildman–Crippen MR) is 92.9 cm³/mol. The van der Waals surface area contributed by atoms with Gasteiger partial charge in [-0.25, -0.2) is 4.39 Å². The van der Waals surface area contributed by atoms with Gasteiger partial charge in [-0.3, -0.25) is 0 Å². The summed E-state index contributed by atoms with van der Waals surface area (Å²) in [7, 11) is 0. The summed E-state index contributed by atoms with van der Waals surface area (Å²) in [5.74, 6) is -0.248. The molecule has 122 valence electrons. The average molecular weight is 322 g/mol. The third-order valence-corrected chi connectivity index (χ3v) is 3.62. The van der Waals surface area contributed by atoms with Crippen LogP contribution in [-0.4, -0.2) is 21.5 Å². The van der Waals surface area contributed by atoms with Gasteiger partial charge in [0, 0.05) is 24.2 Å². The third-order valence-electron chi connectivity index (χ3n) is 3.62. The normalized spacial score (nSPS) is 10.7. The van der Waals surface area contributed by atoms with Gasteiger partial charge in [0.05, 0.1) is 6.54 Å². The van der Waals surface area contributed by atoms with Gasteiger partial charge in [0.1, 0.15) is 17.2 Å². The number of hydrogen-bond donors (Lipinski definition) is 1. The lowest BCUT2D eigenvalue weighted by atomic mass is 10.1. The van der Waals surface area contributed by atoms with Crippen molar-refractivity contribution >= 4 is 0 Å². The molecular weight excluding hydrogens is 303 g/mol. The largest absolute Gasteiger partial charge is 0.308 e. The zero-order valence-corrected chi connectivity index (χ0v) is 13.3. The quantitative estimate of drug-likeness (QED) is 0.535. The Kier molecular flexibility index (Phi) is 5.13. The molecule has 0 radical (unpaired) electrons. The molecule has 0 atom stereocenters. The van der Waals surface area contributed by atoms with Gasteiger partial charge in [0.25, 0.3) is 0 Å². The molecule has 0 saturated heterocycles. The van der Waals surface area contributed by atoms with Crippen molar-refractivity contribution in [2.75, 3.05) is 6.54 Å². The fourth-order valence-electron chi connectivity index (χ4n) is 2.46. The summed E-state index contributed by atoms with van der Waals surface area (Å²) in [6.45, 7) is 5.26. The number of aromatic nitrogens is 3. The number of halogens is 1. The number of nitrogens with zero attached hydrogens (tertiary/aromatic N) is 3. The van der Waals surface area contributed by atoms with Crippen LogP contribution >= 0.6 is 0 Å². The Morgan fingerprint density at radius 3 is 2.54 bits per heavy atom. The summed E-state index contributed by atoms with van der Waals surface area (Å²) in [6.07, 6.45) is 1.80. The summed E-state index contributed by atoms with van der Waals surface area (Å²) in [5.41, 5.74) is 3.20. The van der Waals surface area contributed by atoms with Crippen molar-refractivity contribution in [3.05, 3.63) is 84.3 Å². The minimum atomic E-state index is -0.248. The van der Waals surface area contributed by atoms with Crippen LogP contribution in [0, 0.1) is 5.82 Å². The number of nitrogens with one attached hydrogen (secondary N) is 1. The highest BCUT2D eigenvalue weighted by Gasteiger charge is 2.13. The zero-order valence-electron chi connectivity index (χ0n) is 13.3.